The van der Waals surface area contributed by atoms with Gasteiger partial charge in [0.2, 0.25) is 0 Å². The van der Waals surface area contributed by atoms with E-state index in [9.17, 15) is 4.39 Å². The van der Waals surface area contributed by atoms with Gasteiger partial charge in [0.25, 0.3) is 0 Å². The molecular weight excluding hydrogens is 105 g/mol. The summed E-state index contributed by atoms with van der Waals surface area (Å²) in [7, 11) is 0. The summed E-state index contributed by atoms with van der Waals surface area (Å²) in [5.41, 5.74) is 5.85. The van der Waals surface area contributed by atoms with E-state index in [-0.39, 0.29) is 6.54 Å². The van der Waals surface area contributed by atoms with Crippen molar-refractivity contribution in [3.8, 4) is 0 Å². The molecule has 1 atom stereocenters. The van der Waals surface area contributed by atoms with Crippen LogP contribution in [-0.2, 0) is 0 Å². The molecule has 2 N–H and O–H groups in total. The van der Waals surface area contributed by atoms with E-state index in [0.29, 0.717) is 6.42 Å². The van der Waals surface area contributed by atoms with Crippen LogP contribution in [0.4, 0.5) is 4.39 Å². The second kappa shape index (κ2) is 3.61. The van der Waals surface area contributed by atoms with Gasteiger partial charge >= 0.3 is 0 Å². The van der Waals surface area contributed by atoms with Crippen molar-refractivity contribution in [3.05, 3.63) is 12.2 Å². The summed E-state index contributed by atoms with van der Waals surface area (Å²) < 4.78 is 12.2. The van der Waals surface area contributed by atoms with Crippen molar-refractivity contribution in [2.24, 2.45) is 5.73 Å². The summed E-state index contributed by atoms with van der Waals surface area (Å²) in [6.07, 6.45) is -0.497. The van der Waals surface area contributed by atoms with Gasteiger partial charge in [0, 0.05) is 13.0 Å². The highest BCUT2D eigenvalue weighted by atomic mass is 19.1. The lowest BCUT2D eigenvalue weighted by molar-refractivity contribution is 0.340. The highest BCUT2D eigenvalue weighted by molar-refractivity contribution is 4.90. The number of hydrogen-bond donors (Lipinski definition) is 1. The molecule has 0 radical (unpaired) electrons. The Hall–Kier alpha value is -0.370. The van der Waals surface area contributed by atoms with E-state index in [0.717, 1.165) is 5.57 Å². The molecule has 0 saturated heterocycles. The molecule has 0 aliphatic rings. The third-order valence-corrected chi connectivity index (χ3v) is 0.826. The van der Waals surface area contributed by atoms with Crippen LogP contribution in [0.3, 0.4) is 0 Å². The lowest BCUT2D eigenvalue weighted by atomic mass is 10.2. The molecule has 2 heteroatoms. The smallest absolute Gasteiger partial charge is 0.116 e. The van der Waals surface area contributed by atoms with Crippen molar-refractivity contribution in [2.45, 2.75) is 19.5 Å². The van der Waals surface area contributed by atoms with Crippen molar-refractivity contribution >= 4 is 0 Å². The molecule has 0 amide bonds. The molecule has 1 nitrogen and oxygen atoms in total. The largest absolute Gasteiger partial charge is 0.328 e. The second-order valence-corrected chi connectivity index (χ2v) is 1.99. The fraction of sp³-hybridized carbons (Fsp3) is 0.667. The number of alkyl halides is 1. The first kappa shape index (κ1) is 7.63. The zero-order valence-electron chi connectivity index (χ0n) is 5.15. The molecule has 0 saturated carbocycles. The van der Waals surface area contributed by atoms with Crippen LogP contribution in [0.2, 0.25) is 0 Å². The molecule has 0 aromatic heterocycles. The summed E-state index contributed by atoms with van der Waals surface area (Å²) in [6.45, 7) is 5.45. The van der Waals surface area contributed by atoms with Crippen LogP contribution in [0.25, 0.3) is 0 Å². The monoisotopic (exact) mass is 117 g/mol. The number of hydrogen-bond acceptors (Lipinski definition) is 1. The van der Waals surface area contributed by atoms with Gasteiger partial charge in [-0.3, -0.25) is 0 Å². The average Bonchev–Trinajstić information content (AvgIpc) is 1.65. The highest BCUT2D eigenvalue weighted by Gasteiger charge is 2.00. The van der Waals surface area contributed by atoms with E-state index in [1.165, 1.54) is 0 Å². The van der Waals surface area contributed by atoms with E-state index in [1.807, 2.05) is 0 Å². The minimum atomic E-state index is -0.896. The maximum Gasteiger partial charge on any atom is 0.116 e. The van der Waals surface area contributed by atoms with E-state index in [1.54, 1.807) is 6.92 Å². The lowest BCUT2D eigenvalue weighted by Gasteiger charge is -2.01. The van der Waals surface area contributed by atoms with Crippen molar-refractivity contribution in [1.29, 1.82) is 0 Å². The molecular formula is C6H12FN. The predicted molar refractivity (Wildman–Crippen MR) is 33.4 cm³/mol. The quantitative estimate of drug-likeness (QED) is 0.553. The Balaban J connectivity index is 3.24. The molecule has 0 heterocycles. The van der Waals surface area contributed by atoms with Crippen LogP contribution in [0, 0.1) is 0 Å². The normalized spacial score (nSPS) is 13.4. The van der Waals surface area contributed by atoms with Gasteiger partial charge in [-0.05, 0) is 6.92 Å². The minimum absolute atomic E-state index is 0.104. The molecule has 0 spiro atoms. The summed E-state index contributed by atoms with van der Waals surface area (Å²) in [4.78, 5) is 0. The van der Waals surface area contributed by atoms with Gasteiger partial charge in [0.15, 0.2) is 0 Å². The van der Waals surface area contributed by atoms with E-state index in [2.05, 4.69) is 6.58 Å². The van der Waals surface area contributed by atoms with Gasteiger partial charge in [-0.2, -0.15) is 0 Å². The molecule has 0 aromatic rings. The summed E-state index contributed by atoms with van der Waals surface area (Å²) in [5.74, 6) is 0. The van der Waals surface area contributed by atoms with Crippen LogP contribution in [-0.4, -0.2) is 12.7 Å². The molecule has 0 aromatic carbocycles. The first-order chi connectivity index (χ1) is 3.66. The number of rotatable bonds is 3. The maximum absolute atomic E-state index is 12.2. The van der Waals surface area contributed by atoms with Crippen molar-refractivity contribution in [2.75, 3.05) is 6.54 Å². The van der Waals surface area contributed by atoms with E-state index in [4.69, 9.17) is 5.73 Å². The summed E-state index contributed by atoms with van der Waals surface area (Å²) in [6, 6.07) is 0. The highest BCUT2D eigenvalue weighted by Crippen LogP contribution is 2.02. The topological polar surface area (TPSA) is 26.0 Å². The standard InChI is InChI=1S/C6H12FN/c1-5(2)3-6(7)4-8/h6H,1,3-4,8H2,2H3/t6-/m1/s1. The second-order valence-electron chi connectivity index (χ2n) is 1.99. The van der Waals surface area contributed by atoms with Crippen LogP contribution in [0.1, 0.15) is 13.3 Å². The number of nitrogens with two attached hydrogens (primary N) is 1. The molecule has 0 unspecified atom stereocenters. The van der Waals surface area contributed by atoms with E-state index >= 15 is 0 Å². The molecule has 48 valence electrons. The van der Waals surface area contributed by atoms with Gasteiger partial charge in [0.1, 0.15) is 6.17 Å². The minimum Gasteiger partial charge on any atom is -0.328 e. The van der Waals surface area contributed by atoms with Crippen LogP contribution in [0.5, 0.6) is 0 Å². The van der Waals surface area contributed by atoms with Crippen molar-refractivity contribution < 1.29 is 4.39 Å². The summed E-state index contributed by atoms with van der Waals surface area (Å²) in [5, 5.41) is 0. The Bertz CT molecular complexity index is 80.6. The lowest BCUT2D eigenvalue weighted by Crippen LogP contribution is -2.14. The van der Waals surface area contributed by atoms with Crippen LogP contribution >= 0.6 is 0 Å². The third-order valence-electron chi connectivity index (χ3n) is 0.826. The van der Waals surface area contributed by atoms with Crippen LogP contribution in [0.15, 0.2) is 12.2 Å². The van der Waals surface area contributed by atoms with Gasteiger partial charge in [-0.25, -0.2) is 4.39 Å². The average molecular weight is 117 g/mol. The molecule has 0 fully saturated rings. The first-order valence-electron chi connectivity index (χ1n) is 2.65. The van der Waals surface area contributed by atoms with E-state index < -0.39 is 6.17 Å². The van der Waals surface area contributed by atoms with Crippen molar-refractivity contribution in [1.82, 2.24) is 0 Å². The Morgan fingerprint density at radius 3 is 2.50 bits per heavy atom. The molecule has 0 bridgehead atoms. The SMILES string of the molecule is C=C(C)C[C@@H](F)CN. The van der Waals surface area contributed by atoms with Gasteiger partial charge < -0.3 is 5.73 Å². The number of halogens is 1. The number of allylic oxidation sites excluding steroid dienone is 1. The zero-order chi connectivity index (χ0) is 6.57. The van der Waals surface area contributed by atoms with Gasteiger partial charge in [-0.15, -0.1) is 6.58 Å². The summed E-state index contributed by atoms with van der Waals surface area (Å²) >= 11 is 0. The predicted octanol–water partition coefficient (Wildman–Crippen LogP) is 1.25. The molecule has 0 aliphatic heterocycles. The molecule has 8 heavy (non-hydrogen) atoms. The fourth-order valence-electron chi connectivity index (χ4n) is 0.461. The Labute approximate surface area is 49.4 Å². The molecule has 0 rings (SSSR count). The van der Waals surface area contributed by atoms with Crippen molar-refractivity contribution in [3.63, 3.8) is 0 Å². The van der Waals surface area contributed by atoms with Gasteiger partial charge in [-0.1, -0.05) is 5.57 Å². The fourth-order valence-corrected chi connectivity index (χ4v) is 0.461. The Morgan fingerprint density at radius 1 is 1.88 bits per heavy atom. The van der Waals surface area contributed by atoms with Crippen LogP contribution < -0.4 is 5.73 Å². The third kappa shape index (κ3) is 3.81. The Kier molecular flexibility index (Phi) is 3.44. The van der Waals surface area contributed by atoms with Gasteiger partial charge in [0.05, 0.1) is 0 Å². The zero-order valence-corrected chi connectivity index (χ0v) is 5.15. The molecule has 0 aliphatic carbocycles. The Morgan fingerprint density at radius 2 is 2.38 bits per heavy atom. The maximum atomic E-state index is 12.2. The first-order valence-corrected chi connectivity index (χ1v) is 2.65.